The molecule has 1 amide bonds. The zero-order valence-corrected chi connectivity index (χ0v) is 14.8. The molecule has 130 valence electrons. The molecule has 0 N–H and O–H groups in total. The Kier molecular flexibility index (Phi) is 5.14. The van der Waals surface area contributed by atoms with Crippen molar-refractivity contribution in [1.29, 1.82) is 5.26 Å². The van der Waals surface area contributed by atoms with Gasteiger partial charge in [0.05, 0.1) is 36.4 Å². The number of hydrogen-bond donors (Lipinski definition) is 0. The van der Waals surface area contributed by atoms with Gasteiger partial charge in [-0.25, -0.2) is 4.98 Å². The van der Waals surface area contributed by atoms with Gasteiger partial charge >= 0.3 is 0 Å². The molecule has 3 aromatic rings. The van der Waals surface area contributed by atoms with E-state index in [1.807, 2.05) is 54.6 Å². The molecule has 0 unspecified atom stereocenters. The van der Waals surface area contributed by atoms with Crippen molar-refractivity contribution in [2.75, 3.05) is 20.7 Å². The molecule has 0 fully saturated rings. The molecule has 0 bridgehead atoms. The number of methoxy groups -OCH3 is 1. The predicted molar refractivity (Wildman–Crippen MR) is 101 cm³/mol. The molecule has 1 aromatic heterocycles. The van der Waals surface area contributed by atoms with Crippen molar-refractivity contribution in [3.63, 3.8) is 0 Å². The summed E-state index contributed by atoms with van der Waals surface area (Å²) >= 11 is 0. The molecule has 0 spiro atoms. The average Bonchev–Trinajstić information content (AvgIpc) is 2.70. The van der Waals surface area contributed by atoms with Gasteiger partial charge in [0.15, 0.2) is 0 Å². The average molecular weight is 345 g/mol. The number of pyridine rings is 1. The Balaban J connectivity index is 2.09. The second-order valence-electron chi connectivity index (χ2n) is 5.94. The van der Waals surface area contributed by atoms with Crippen LogP contribution in [0.1, 0.15) is 16.8 Å². The van der Waals surface area contributed by atoms with Gasteiger partial charge in [0, 0.05) is 24.5 Å². The summed E-state index contributed by atoms with van der Waals surface area (Å²) < 4.78 is 5.20. The molecule has 0 radical (unpaired) electrons. The van der Waals surface area contributed by atoms with Crippen molar-refractivity contribution in [2.45, 2.75) is 6.42 Å². The van der Waals surface area contributed by atoms with Crippen LogP contribution in [-0.2, 0) is 0 Å². The van der Waals surface area contributed by atoms with E-state index < -0.39 is 0 Å². The summed E-state index contributed by atoms with van der Waals surface area (Å²) in [5, 5.41) is 9.57. The van der Waals surface area contributed by atoms with Gasteiger partial charge in [-0.2, -0.15) is 5.26 Å². The first-order valence-corrected chi connectivity index (χ1v) is 8.30. The van der Waals surface area contributed by atoms with Gasteiger partial charge in [-0.3, -0.25) is 4.79 Å². The van der Waals surface area contributed by atoms with Crippen LogP contribution in [0.25, 0.3) is 22.2 Å². The summed E-state index contributed by atoms with van der Waals surface area (Å²) in [5.41, 5.74) is 2.98. The minimum atomic E-state index is -0.117. The Bertz CT molecular complexity index is 975. The quantitative estimate of drug-likeness (QED) is 0.703. The topological polar surface area (TPSA) is 66.2 Å². The number of aromatic nitrogens is 1. The van der Waals surface area contributed by atoms with E-state index in [0.717, 1.165) is 27.9 Å². The maximum Gasteiger partial charge on any atom is 0.254 e. The Labute approximate surface area is 152 Å². The molecule has 5 heteroatoms. The lowest BCUT2D eigenvalue weighted by Gasteiger charge is -2.17. The lowest BCUT2D eigenvalue weighted by atomic mass is 10.0. The van der Waals surface area contributed by atoms with E-state index in [0.29, 0.717) is 18.5 Å². The van der Waals surface area contributed by atoms with Crippen LogP contribution in [0.3, 0.4) is 0 Å². The molecular weight excluding hydrogens is 326 g/mol. The maximum absolute atomic E-state index is 12.9. The van der Waals surface area contributed by atoms with Crippen molar-refractivity contribution in [2.24, 2.45) is 0 Å². The summed E-state index contributed by atoms with van der Waals surface area (Å²) in [6.07, 6.45) is 0.302. The second kappa shape index (κ2) is 7.66. The molecule has 3 rings (SSSR count). The Morgan fingerprint density at radius 3 is 2.62 bits per heavy atom. The molecule has 0 aliphatic heterocycles. The van der Waals surface area contributed by atoms with E-state index in [2.05, 4.69) is 6.07 Å². The highest BCUT2D eigenvalue weighted by atomic mass is 16.5. The van der Waals surface area contributed by atoms with Crippen LogP contribution in [0.2, 0.25) is 0 Å². The molecular formula is C21H19N3O2. The molecule has 2 aromatic carbocycles. The van der Waals surface area contributed by atoms with E-state index in [9.17, 15) is 4.79 Å². The standard InChI is InChI=1S/C21H19N3O2/c1-24(13-5-12-22)21(25)18-14-20(15-8-10-16(26-2)11-9-15)23-19-7-4-3-6-17(18)19/h3-4,6-11,14H,5,13H2,1-2H3. The summed E-state index contributed by atoms with van der Waals surface area (Å²) in [7, 11) is 3.33. The van der Waals surface area contributed by atoms with E-state index >= 15 is 0 Å². The van der Waals surface area contributed by atoms with Gasteiger partial charge < -0.3 is 9.64 Å². The summed E-state index contributed by atoms with van der Waals surface area (Å²) in [6, 6.07) is 19.1. The lowest BCUT2D eigenvalue weighted by molar-refractivity contribution is 0.0800. The number of nitrogens with zero attached hydrogens (tertiary/aromatic N) is 3. The van der Waals surface area contributed by atoms with E-state index in [1.54, 1.807) is 19.1 Å². The van der Waals surface area contributed by atoms with Crippen LogP contribution in [0.4, 0.5) is 0 Å². The third-order valence-electron chi connectivity index (χ3n) is 4.24. The fourth-order valence-corrected chi connectivity index (χ4v) is 2.79. The van der Waals surface area contributed by atoms with Crippen LogP contribution in [0.5, 0.6) is 5.75 Å². The monoisotopic (exact) mass is 345 g/mol. The van der Waals surface area contributed by atoms with Crippen molar-refractivity contribution in [1.82, 2.24) is 9.88 Å². The van der Waals surface area contributed by atoms with Crippen molar-refractivity contribution >= 4 is 16.8 Å². The first kappa shape index (κ1) is 17.4. The molecule has 0 aliphatic rings. The number of fused-ring (bicyclic) bond motifs is 1. The summed E-state index contributed by atoms with van der Waals surface area (Å²) in [6.45, 7) is 0.393. The van der Waals surface area contributed by atoms with Gasteiger partial charge in [-0.1, -0.05) is 18.2 Å². The molecule has 0 atom stereocenters. The molecule has 0 saturated carbocycles. The largest absolute Gasteiger partial charge is 0.497 e. The normalized spacial score (nSPS) is 10.3. The highest BCUT2D eigenvalue weighted by molar-refractivity contribution is 6.07. The Hall–Kier alpha value is -3.39. The SMILES string of the molecule is COc1ccc(-c2cc(C(=O)N(C)CCC#N)c3ccccc3n2)cc1. The summed E-state index contributed by atoms with van der Waals surface area (Å²) in [4.78, 5) is 19.2. The van der Waals surface area contributed by atoms with Crippen LogP contribution < -0.4 is 4.74 Å². The third-order valence-corrected chi connectivity index (χ3v) is 4.24. The Morgan fingerprint density at radius 1 is 1.19 bits per heavy atom. The van der Waals surface area contributed by atoms with Gasteiger partial charge in [0.2, 0.25) is 0 Å². The van der Waals surface area contributed by atoms with Crippen LogP contribution in [0, 0.1) is 11.3 Å². The molecule has 5 nitrogen and oxygen atoms in total. The maximum atomic E-state index is 12.9. The summed E-state index contributed by atoms with van der Waals surface area (Å²) in [5.74, 6) is 0.649. The highest BCUT2D eigenvalue weighted by Crippen LogP contribution is 2.27. The van der Waals surface area contributed by atoms with Crippen LogP contribution >= 0.6 is 0 Å². The number of amides is 1. The van der Waals surface area contributed by atoms with Gasteiger partial charge in [0.25, 0.3) is 5.91 Å². The first-order valence-electron chi connectivity index (χ1n) is 8.30. The number of para-hydroxylation sites is 1. The van der Waals surface area contributed by atoms with Gasteiger partial charge in [-0.05, 0) is 36.4 Å². The zero-order valence-electron chi connectivity index (χ0n) is 14.8. The highest BCUT2D eigenvalue weighted by Gasteiger charge is 2.17. The Morgan fingerprint density at radius 2 is 1.92 bits per heavy atom. The number of carbonyl (C=O) groups is 1. The zero-order chi connectivity index (χ0) is 18.5. The number of nitriles is 1. The minimum absolute atomic E-state index is 0.117. The molecule has 1 heterocycles. The fourth-order valence-electron chi connectivity index (χ4n) is 2.79. The van der Waals surface area contributed by atoms with Crippen molar-refractivity contribution < 1.29 is 9.53 Å². The van der Waals surface area contributed by atoms with Gasteiger partial charge in [-0.15, -0.1) is 0 Å². The number of carbonyl (C=O) groups excluding carboxylic acids is 1. The number of hydrogen-bond acceptors (Lipinski definition) is 4. The second-order valence-corrected chi connectivity index (χ2v) is 5.94. The van der Waals surface area contributed by atoms with Crippen molar-refractivity contribution in [3.05, 3.63) is 60.2 Å². The predicted octanol–water partition coefficient (Wildman–Crippen LogP) is 3.90. The van der Waals surface area contributed by atoms with Gasteiger partial charge in [0.1, 0.15) is 5.75 Å². The number of benzene rings is 2. The van der Waals surface area contributed by atoms with E-state index in [4.69, 9.17) is 15.0 Å². The van der Waals surface area contributed by atoms with Crippen LogP contribution in [-0.4, -0.2) is 36.5 Å². The number of ether oxygens (including phenoxy) is 1. The fraction of sp³-hybridized carbons (Fsp3) is 0.190. The minimum Gasteiger partial charge on any atom is -0.497 e. The lowest BCUT2D eigenvalue weighted by Crippen LogP contribution is -2.27. The molecule has 0 aliphatic carbocycles. The first-order chi connectivity index (χ1) is 12.6. The van der Waals surface area contributed by atoms with Crippen LogP contribution in [0.15, 0.2) is 54.6 Å². The van der Waals surface area contributed by atoms with E-state index in [-0.39, 0.29) is 5.91 Å². The van der Waals surface area contributed by atoms with Crippen molar-refractivity contribution in [3.8, 4) is 23.1 Å². The van der Waals surface area contributed by atoms with E-state index in [1.165, 1.54) is 0 Å². The third kappa shape index (κ3) is 3.50. The smallest absolute Gasteiger partial charge is 0.254 e. The molecule has 0 saturated heterocycles. The number of rotatable bonds is 5. The molecule has 26 heavy (non-hydrogen) atoms.